The molecule has 1 aromatic heterocycles. The largest absolute Gasteiger partial charge is 0.489 e. The molecule has 0 spiro atoms. The molecule has 2 aliphatic heterocycles. The van der Waals surface area contributed by atoms with E-state index in [4.69, 9.17) is 6.15 Å². The number of para-hydroxylation sites is 1. The average Bonchev–Trinajstić information content (AvgIpc) is 3.36. The lowest BCUT2D eigenvalue weighted by atomic mass is 9.87. The summed E-state index contributed by atoms with van der Waals surface area (Å²) in [5.41, 5.74) is 0.266. The number of nitrogens with zero attached hydrogens (tertiary/aromatic N) is 1. The second-order valence-corrected chi connectivity index (χ2v) is 9.87. The number of hydrogen-bond acceptors (Lipinski definition) is 3. The van der Waals surface area contributed by atoms with Gasteiger partial charge >= 0.3 is 0 Å². The van der Waals surface area contributed by atoms with Crippen molar-refractivity contribution in [3.05, 3.63) is 64.9 Å². The van der Waals surface area contributed by atoms with E-state index in [-0.39, 0.29) is 30.0 Å². The number of benzene rings is 2. The standard InChI is InChI=1S/C26H30F3N3O/c1-15-10-19-18-6-4-5-7-22(18)31-24(19)25(32(15)14-26(2,3)29)23-20(27)11-17(12-21(23)28)33-16-8-9-30-13-16/h4-7,11-12,15-16,25,30-31H,8-10,13-14H2,1-3H3/t15-,16+,25-/m1/s1/i/hD. The number of nitrogens with one attached hydrogen (secondary N) is 2. The molecule has 3 heterocycles. The van der Waals surface area contributed by atoms with Gasteiger partial charge in [0.15, 0.2) is 1.41 Å². The fourth-order valence-corrected chi connectivity index (χ4v) is 5.22. The Morgan fingerprint density at radius 1 is 1.21 bits per heavy atom. The molecule has 0 radical (unpaired) electrons. The minimum absolute atomic E-state index is 0.0231. The Morgan fingerprint density at radius 3 is 2.61 bits per heavy atom. The number of halogens is 3. The molecule has 4 nitrogen and oxygen atoms in total. The van der Waals surface area contributed by atoms with Crippen LogP contribution >= 0.6 is 0 Å². The predicted molar refractivity (Wildman–Crippen MR) is 123 cm³/mol. The van der Waals surface area contributed by atoms with Crippen molar-refractivity contribution in [2.45, 2.75) is 57.5 Å². The quantitative estimate of drug-likeness (QED) is 0.547. The fraction of sp³-hybridized carbons (Fsp3) is 0.462. The summed E-state index contributed by atoms with van der Waals surface area (Å²) in [6, 6.07) is 8.78. The van der Waals surface area contributed by atoms with Crippen molar-refractivity contribution in [1.29, 1.82) is 0 Å². The van der Waals surface area contributed by atoms with E-state index in [9.17, 15) is 4.39 Å². The van der Waals surface area contributed by atoms with Crippen molar-refractivity contribution in [3.8, 4) is 5.75 Å². The van der Waals surface area contributed by atoms with Crippen LogP contribution in [0.25, 0.3) is 10.9 Å². The number of hydrogen-bond donors (Lipinski definition) is 2. The Kier molecular flexibility index (Phi) is 5.34. The molecule has 3 atom stereocenters. The highest BCUT2D eigenvalue weighted by Gasteiger charge is 2.41. The van der Waals surface area contributed by atoms with Crippen LogP contribution in [0.4, 0.5) is 13.2 Å². The average molecular weight is 459 g/mol. The summed E-state index contributed by atoms with van der Waals surface area (Å²) in [5.74, 6) is -1.36. The van der Waals surface area contributed by atoms with Crippen LogP contribution in [-0.2, 0) is 6.42 Å². The number of aromatic nitrogens is 1. The molecule has 1 saturated heterocycles. The van der Waals surface area contributed by atoms with Crippen LogP contribution in [0.2, 0.25) is 1.41 Å². The van der Waals surface area contributed by atoms with Crippen molar-refractivity contribution in [3.63, 3.8) is 0 Å². The minimum Gasteiger partial charge on any atom is -0.489 e. The normalized spacial score (nSPS) is 24.2. The van der Waals surface area contributed by atoms with E-state index in [0.29, 0.717) is 24.2 Å². The van der Waals surface area contributed by atoms with E-state index >= 15 is 8.78 Å². The zero-order valence-corrected chi connectivity index (χ0v) is 19.2. The number of aromatic amines is 1. The van der Waals surface area contributed by atoms with Crippen LogP contribution in [0.3, 0.4) is 0 Å². The Hall–Kier alpha value is -2.51. The third-order valence-electron chi connectivity index (χ3n) is 6.64. The van der Waals surface area contributed by atoms with Gasteiger partial charge in [0.25, 0.3) is 0 Å². The van der Waals surface area contributed by atoms with Crippen LogP contribution in [0.15, 0.2) is 36.4 Å². The van der Waals surface area contributed by atoms with Crippen LogP contribution in [-0.4, -0.2) is 47.3 Å². The molecule has 7 heteroatoms. The predicted octanol–water partition coefficient (Wildman–Crippen LogP) is 5.27. The molecule has 3 aromatic rings. The Morgan fingerprint density at radius 2 is 1.94 bits per heavy atom. The summed E-state index contributed by atoms with van der Waals surface area (Å²) in [5, 5.41) is 4.06. The Bertz CT molecular complexity index is 1190. The highest BCUT2D eigenvalue weighted by Crippen LogP contribution is 2.43. The van der Waals surface area contributed by atoms with Crippen molar-refractivity contribution < 1.29 is 19.3 Å². The lowest BCUT2D eigenvalue weighted by Crippen LogP contribution is -2.48. The smallest absolute Gasteiger partial charge is 0.166 e. The van der Waals surface area contributed by atoms with Crippen LogP contribution in [0.1, 0.15) is 50.1 Å². The minimum atomic E-state index is -1.59. The summed E-state index contributed by atoms with van der Waals surface area (Å²) in [6.07, 6.45) is 1.20. The number of alkyl halides is 1. The molecule has 0 aliphatic carbocycles. The van der Waals surface area contributed by atoms with Crippen LogP contribution in [0, 0.1) is 11.6 Å². The van der Waals surface area contributed by atoms with E-state index in [1.807, 2.05) is 31.2 Å². The van der Waals surface area contributed by atoms with E-state index in [1.54, 1.807) is 4.90 Å². The maximum atomic E-state index is 15.7. The highest BCUT2D eigenvalue weighted by atomic mass is 19.1. The molecule has 0 saturated carbocycles. The molecule has 2 aromatic carbocycles. The first kappa shape index (κ1) is 21.1. The van der Waals surface area contributed by atoms with Gasteiger partial charge in [-0.05, 0) is 51.8 Å². The molecule has 2 N–H and O–H groups in total. The van der Waals surface area contributed by atoms with Gasteiger partial charge in [0.2, 0.25) is 0 Å². The number of rotatable bonds is 5. The van der Waals surface area contributed by atoms with Gasteiger partial charge in [-0.2, -0.15) is 0 Å². The van der Waals surface area contributed by atoms with Crippen LogP contribution < -0.4 is 10.1 Å². The summed E-state index contributed by atoms with van der Waals surface area (Å²) in [7, 11) is 0. The maximum absolute atomic E-state index is 15.7. The van der Waals surface area contributed by atoms with Gasteiger partial charge in [0, 0.05) is 53.4 Å². The van der Waals surface area contributed by atoms with Crippen LogP contribution in [0.5, 0.6) is 5.75 Å². The van der Waals surface area contributed by atoms with Gasteiger partial charge < -0.3 is 15.0 Å². The Labute approximate surface area is 193 Å². The summed E-state index contributed by atoms with van der Waals surface area (Å²) >= 11 is 0. The second kappa shape index (κ2) is 8.37. The van der Waals surface area contributed by atoms with E-state index in [2.05, 4.69) is 5.32 Å². The van der Waals surface area contributed by atoms with Gasteiger partial charge in [-0.3, -0.25) is 4.90 Å². The summed E-state index contributed by atoms with van der Waals surface area (Å²) in [4.78, 5) is 3.04. The third kappa shape index (κ3) is 4.24. The zero-order valence-electron chi connectivity index (χ0n) is 20.2. The lowest BCUT2D eigenvalue weighted by molar-refractivity contribution is 0.0642. The molecule has 2 aliphatic rings. The van der Waals surface area contributed by atoms with E-state index < -0.39 is 23.3 Å². The first-order valence-electron chi connectivity index (χ1n) is 12.0. The molecule has 1 fully saturated rings. The first-order chi connectivity index (χ1) is 16.1. The monoisotopic (exact) mass is 458 g/mol. The SMILES string of the molecule is [2H]n1c2c(c3ccccc31)C[C@@H](C)N(CC(C)(C)F)[C@@H]2c1c(F)cc(O[C@H]2CCNC2)cc1F. The lowest BCUT2D eigenvalue weighted by Gasteiger charge is -2.43. The summed E-state index contributed by atoms with van der Waals surface area (Å²) in [6.45, 7) is 6.28. The second-order valence-electron chi connectivity index (χ2n) is 9.87. The molecule has 33 heavy (non-hydrogen) atoms. The van der Waals surface area contributed by atoms with Gasteiger partial charge in [-0.25, -0.2) is 13.2 Å². The van der Waals surface area contributed by atoms with Crippen molar-refractivity contribution in [2.75, 3.05) is 19.6 Å². The number of H-pyrrole nitrogens is 1. The highest BCUT2D eigenvalue weighted by molar-refractivity contribution is 5.85. The fourth-order valence-electron chi connectivity index (χ4n) is 5.22. The van der Waals surface area contributed by atoms with Crippen molar-refractivity contribution >= 4 is 10.9 Å². The topological polar surface area (TPSA) is 40.3 Å². The van der Waals surface area contributed by atoms with Gasteiger partial charge in [0.1, 0.15) is 29.2 Å². The van der Waals surface area contributed by atoms with E-state index in [0.717, 1.165) is 23.9 Å². The summed E-state index contributed by atoms with van der Waals surface area (Å²) < 4.78 is 60.8. The number of fused-ring (bicyclic) bond motifs is 3. The van der Waals surface area contributed by atoms with E-state index in [1.165, 1.54) is 31.0 Å². The van der Waals surface area contributed by atoms with Gasteiger partial charge in [0.05, 0.1) is 6.04 Å². The third-order valence-corrected chi connectivity index (χ3v) is 6.64. The molecular formula is C26H30F3N3O. The molecule has 176 valence electrons. The Balaban J connectivity index is 1.67. The molecule has 0 unspecified atom stereocenters. The van der Waals surface area contributed by atoms with Crippen molar-refractivity contribution in [1.82, 2.24) is 15.2 Å². The van der Waals surface area contributed by atoms with Gasteiger partial charge in [-0.1, -0.05) is 18.2 Å². The molecule has 0 bridgehead atoms. The molecule has 5 rings (SSSR count). The van der Waals surface area contributed by atoms with Crippen molar-refractivity contribution in [2.24, 2.45) is 0 Å². The molecule has 0 amide bonds. The zero-order chi connectivity index (χ0) is 24.2. The first-order valence-corrected chi connectivity index (χ1v) is 11.6. The maximum Gasteiger partial charge on any atom is 0.166 e. The van der Waals surface area contributed by atoms with Gasteiger partial charge in [-0.15, -0.1) is 0 Å². The molecular weight excluding hydrogens is 427 g/mol. The number of ether oxygens (including phenoxy) is 1.